The Kier molecular flexibility index (Phi) is 4.40. The van der Waals surface area contributed by atoms with Crippen molar-refractivity contribution in [3.63, 3.8) is 0 Å². The molecule has 0 radical (unpaired) electrons. The van der Waals surface area contributed by atoms with Gasteiger partial charge in [0.1, 0.15) is 6.29 Å². The van der Waals surface area contributed by atoms with Crippen molar-refractivity contribution in [1.29, 1.82) is 0 Å². The third-order valence-electron chi connectivity index (χ3n) is 4.71. The van der Waals surface area contributed by atoms with Gasteiger partial charge in [0.2, 0.25) is 0 Å². The van der Waals surface area contributed by atoms with E-state index in [9.17, 15) is 18.0 Å². The molecule has 0 bridgehead atoms. The molecule has 5 nitrogen and oxygen atoms in total. The van der Waals surface area contributed by atoms with Crippen molar-refractivity contribution in [2.75, 3.05) is 0 Å². The topological polar surface area (TPSA) is 59.8 Å². The number of carbonyl (C=O) groups excluding carboxylic acids is 1. The number of carbonyl (C=O) groups is 1. The van der Waals surface area contributed by atoms with Gasteiger partial charge in [-0.25, -0.2) is 0 Å². The van der Waals surface area contributed by atoms with Crippen LogP contribution in [0.3, 0.4) is 0 Å². The summed E-state index contributed by atoms with van der Waals surface area (Å²) < 4.78 is 39.9. The molecular weight excluding hydrogens is 333 g/mol. The fourth-order valence-electron chi connectivity index (χ4n) is 3.56. The summed E-state index contributed by atoms with van der Waals surface area (Å²) in [4.78, 5) is 12.0. The molecule has 25 heavy (non-hydrogen) atoms. The Morgan fingerprint density at radius 1 is 1.28 bits per heavy atom. The fraction of sp³-hybridized carbons (Fsp3) is 0.471. The molecule has 1 saturated heterocycles. The summed E-state index contributed by atoms with van der Waals surface area (Å²) in [6.07, 6.45) is -0.825. The van der Waals surface area contributed by atoms with E-state index in [1.165, 1.54) is 12.1 Å². The molecule has 1 aliphatic heterocycles. The van der Waals surface area contributed by atoms with E-state index in [1.54, 1.807) is 17.9 Å². The first kappa shape index (κ1) is 17.6. The van der Waals surface area contributed by atoms with E-state index >= 15 is 0 Å². The van der Waals surface area contributed by atoms with Crippen LogP contribution in [0.5, 0.6) is 0 Å². The molecule has 0 spiro atoms. The van der Waals surface area contributed by atoms with Crippen molar-refractivity contribution in [2.45, 2.75) is 43.4 Å². The maximum absolute atomic E-state index is 12.8. The predicted molar refractivity (Wildman–Crippen MR) is 84.8 cm³/mol. The minimum Gasteiger partial charge on any atom is -0.306 e. The van der Waals surface area contributed by atoms with E-state index in [1.807, 2.05) is 6.92 Å². The zero-order valence-corrected chi connectivity index (χ0v) is 13.9. The van der Waals surface area contributed by atoms with Gasteiger partial charge >= 0.3 is 6.18 Å². The number of aromatic nitrogens is 3. The number of nitrogens with zero attached hydrogens (tertiary/aromatic N) is 3. The molecule has 134 valence electrons. The number of nitrogens with one attached hydrogen (secondary N) is 1. The quantitative estimate of drug-likeness (QED) is 0.863. The third kappa shape index (κ3) is 3.44. The summed E-state index contributed by atoms with van der Waals surface area (Å²) >= 11 is 0. The van der Waals surface area contributed by atoms with Crippen molar-refractivity contribution in [1.82, 2.24) is 20.3 Å². The Labute approximate surface area is 143 Å². The van der Waals surface area contributed by atoms with E-state index in [0.717, 1.165) is 18.4 Å². The summed E-state index contributed by atoms with van der Waals surface area (Å²) in [5.74, 6) is 0. The molecule has 1 aromatic heterocycles. The summed E-state index contributed by atoms with van der Waals surface area (Å²) in [7, 11) is 1.76. The smallest absolute Gasteiger partial charge is 0.306 e. The van der Waals surface area contributed by atoms with Gasteiger partial charge in [0, 0.05) is 19.3 Å². The molecule has 0 saturated carbocycles. The van der Waals surface area contributed by atoms with Crippen molar-refractivity contribution in [3.8, 4) is 0 Å². The maximum atomic E-state index is 12.8. The minimum atomic E-state index is -4.39. The Hall–Kier alpha value is -2.22. The molecule has 1 N–H and O–H groups in total. The number of benzene rings is 1. The van der Waals surface area contributed by atoms with Crippen molar-refractivity contribution < 1.29 is 18.0 Å². The number of hydrogen-bond donors (Lipinski definition) is 1. The lowest BCUT2D eigenvalue weighted by molar-refractivity contribution is -0.137. The van der Waals surface area contributed by atoms with Crippen LogP contribution in [0.2, 0.25) is 0 Å². The number of aryl methyl sites for hydroxylation is 1. The Morgan fingerprint density at radius 2 is 1.96 bits per heavy atom. The number of rotatable bonds is 3. The van der Waals surface area contributed by atoms with Crippen LogP contribution in [0, 0.1) is 0 Å². The molecule has 1 aliphatic rings. The largest absolute Gasteiger partial charge is 0.416 e. The second kappa shape index (κ2) is 6.25. The average Bonchev–Trinajstić information content (AvgIpc) is 3.00. The summed E-state index contributed by atoms with van der Waals surface area (Å²) in [6, 6.07) is 4.69. The van der Waals surface area contributed by atoms with Gasteiger partial charge < -0.3 is 10.1 Å². The van der Waals surface area contributed by atoms with Gasteiger partial charge in [-0.2, -0.15) is 13.2 Å². The minimum absolute atomic E-state index is 0.00764. The lowest BCUT2D eigenvalue weighted by Crippen LogP contribution is -2.47. The predicted octanol–water partition coefficient (Wildman–Crippen LogP) is 2.78. The van der Waals surface area contributed by atoms with Crippen LogP contribution in [-0.2, 0) is 23.4 Å². The van der Waals surface area contributed by atoms with E-state index in [-0.39, 0.29) is 12.1 Å². The molecule has 0 aliphatic carbocycles. The second-order valence-corrected chi connectivity index (χ2v) is 6.69. The highest BCUT2D eigenvalue weighted by molar-refractivity contribution is 5.69. The zero-order chi connectivity index (χ0) is 18.2. The van der Waals surface area contributed by atoms with Crippen LogP contribution in [0.15, 0.2) is 30.5 Å². The van der Waals surface area contributed by atoms with E-state index in [4.69, 9.17) is 0 Å². The van der Waals surface area contributed by atoms with E-state index < -0.39 is 17.2 Å². The van der Waals surface area contributed by atoms with Crippen LogP contribution in [0.1, 0.15) is 42.6 Å². The second-order valence-electron chi connectivity index (χ2n) is 6.69. The monoisotopic (exact) mass is 352 g/mol. The number of hydrogen-bond acceptors (Lipinski definition) is 4. The third-order valence-corrected chi connectivity index (χ3v) is 4.71. The van der Waals surface area contributed by atoms with Gasteiger partial charge in [-0.15, -0.1) is 5.10 Å². The van der Waals surface area contributed by atoms with Crippen molar-refractivity contribution >= 4 is 6.29 Å². The highest BCUT2D eigenvalue weighted by Gasteiger charge is 2.42. The summed E-state index contributed by atoms with van der Waals surface area (Å²) in [6.45, 7) is 1.95. The average molecular weight is 352 g/mol. The zero-order valence-electron chi connectivity index (χ0n) is 13.9. The fourth-order valence-corrected chi connectivity index (χ4v) is 3.56. The highest BCUT2D eigenvalue weighted by Crippen LogP contribution is 2.41. The van der Waals surface area contributed by atoms with Crippen LogP contribution >= 0.6 is 0 Å². The first-order valence-electron chi connectivity index (χ1n) is 8.00. The van der Waals surface area contributed by atoms with Gasteiger partial charge in [-0.05, 0) is 37.5 Å². The van der Waals surface area contributed by atoms with Gasteiger partial charge in [-0.1, -0.05) is 17.3 Å². The standard InChI is InChI=1S/C17H19F3N4O/c1-11-7-16(10-25,8-14(21-11)15-9-24(2)23-22-15)12-3-5-13(6-4-12)17(18,19)20/h3-6,9-11,14,21H,7-8H2,1-2H3/t11-,14-,16+/m0/s1. The molecule has 8 heteroatoms. The first-order valence-corrected chi connectivity index (χ1v) is 8.00. The van der Waals surface area contributed by atoms with Crippen molar-refractivity contribution in [2.24, 2.45) is 7.05 Å². The molecule has 1 aromatic carbocycles. The summed E-state index contributed by atoms with van der Waals surface area (Å²) in [5.41, 5.74) is -0.258. The number of halogens is 3. The molecule has 3 rings (SSSR count). The van der Waals surface area contributed by atoms with E-state index in [0.29, 0.717) is 24.1 Å². The molecule has 2 aromatic rings. The van der Waals surface area contributed by atoms with Crippen LogP contribution in [0.25, 0.3) is 0 Å². The van der Waals surface area contributed by atoms with Gasteiger partial charge in [0.15, 0.2) is 0 Å². The Bertz CT molecular complexity index is 756. The number of piperidine rings is 1. The lowest BCUT2D eigenvalue weighted by atomic mass is 9.69. The number of alkyl halides is 3. The van der Waals surface area contributed by atoms with Gasteiger partial charge in [0.25, 0.3) is 0 Å². The Balaban J connectivity index is 1.94. The SMILES string of the molecule is C[C@H]1C[C@@](C=O)(c2ccc(C(F)(F)F)cc2)C[C@@H](c2cn(C)nn2)N1. The molecule has 3 atom stereocenters. The molecule has 2 heterocycles. The molecule has 0 amide bonds. The normalized spacial score (nSPS) is 27.2. The summed E-state index contributed by atoms with van der Waals surface area (Å²) in [5, 5.41) is 11.4. The van der Waals surface area contributed by atoms with Gasteiger partial charge in [0.05, 0.1) is 22.7 Å². The Morgan fingerprint density at radius 3 is 2.48 bits per heavy atom. The van der Waals surface area contributed by atoms with Gasteiger partial charge in [-0.3, -0.25) is 4.68 Å². The first-order chi connectivity index (χ1) is 11.7. The highest BCUT2D eigenvalue weighted by atomic mass is 19.4. The number of aldehydes is 1. The van der Waals surface area contributed by atoms with Crippen LogP contribution in [0.4, 0.5) is 13.2 Å². The molecule has 1 fully saturated rings. The maximum Gasteiger partial charge on any atom is 0.416 e. The molecule has 0 unspecified atom stereocenters. The van der Waals surface area contributed by atoms with Crippen LogP contribution < -0.4 is 5.32 Å². The molecular formula is C17H19F3N4O. The van der Waals surface area contributed by atoms with E-state index in [2.05, 4.69) is 15.6 Å². The van der Waals surface area contributed by atoms with Crippen LogP contribution in [-0.4, -0.2) is 27.3 Å². The lowest BCUT2D eigenvalue weighted by Gasteiger charge is -2.41. The van der Waals surface area contributed by atoms with Crippen molar-refractivity contribution in [3.05, 3.63) is 47.3 Å².